The number of nitrogens with one attached hydrogen (secondary N) is 3. The standard InChI is InChI=1S/C17H26N4O2.2ClH/c1-12-5-4-6-13(2)16(12)20-15(22)11-19-17(23)14(3)21-9-7-18-8-10-21;;/h4-6,14,18H,7-11H2,1-3H3,(H,19,23)(H,20,22);2*1H. The Kier molecular flexibility index (Phi) is 10.7. The molecule has 0 radical (unpaired) electrons. The summed E-state index contributed by atoms with van der Waals surface area (Å²) >= 11 is 0. The Morgan fingerprint density at radius 2 is 1.72 bits per heavy atom. The molecule has 25 heavy (non-hydrogen) atoms. The fourth-order valence-corrected chi connectivity index (χ4v) is 2.75. The van der Waals surface area contributed by atoms with Crippen LogP contribution in [0.25, 0.3) is 0 Å². The summed E-state index contributed by atoms with van der Waals surface area (Å²) in [6, 6.07) is 5.64. The summed E-state index contributed by atoms with van der Waals surface area (Å²) in [4.78, 5) is 26.4. The predicted molar refractivity (Wildman–Crippen MR) is 106 cm³/mol. The van der Waals surface area contributed by atoms with Gasteiger partial charge in [0.05, 0.1) is 12.6 Å². The summed E-state index contributed by atoms with van der Waals surface area (Å²) in [5.74, 6) is -0.313. The van der Waals surface area contributed by atoms with E-state index in [9.17, 15) is 9.59 Å². The van der Waals surface area contributed by atoms with E-state index in [2.05, 4.69) is 20.9 Å². The third kappa shape index (κ3) is 6.82. The van der Waals surface area contributed by atoms with Crippen molar-refractivity contribution in [2.75, 3.05) is 38.0 Å². The van der Waals surface area contributed by atoms with Crippen LogP contribution in [0.3, 0.4) is 0 Å². The van der Waals surface area contributed by atoms with Crippen LogP contribution in [0, 0.1) is 13.8 Å². The maximum Gasteiger partial charge on any atom is 0.243 e. The number of benzene rings is 1. The SMILES string of the molecule is Cc1cccc(C)c1NC(=O)CNC(=O)C(C)N1CCNCC1.Cl.Cl. The van der Waals surface area contributed by atoms with E-state index in [4.69, 9.17) is 0 Å². The molecule has 1 aromatic rings. The third-order valence-electron chi connectivity index (χ3n) is 4.25. The molecule has 142 valence electrons. The number of carbonyl (C=O) groups is 2. The molecule has 1 aliphatic heterocycles. The van der Waals surface area contributed by atoms with E-state index in [0.29, 0.717) is 0 Å². The number of para-hydroxylation sites is 1. The van der Waals surface area contributed by atoms with Gasteiger partial charge in [-0.15, -0.1) is 24.8 Å². The molecule has 8 heteroatoms. The van der Waals surface area contributed by atoms with Crippen LogP contribution in [0.2, 0.25) is 0 Å². The zero-order chi connectivity index (χ0) is 16.8. The van der Waals surface area contributed by atoms with E-state index in [1.165, 1.54) is 0 Å². The Balaban J connectivity index is 0.00000288. The summed E-state index contributed by atoms with van der Waals surface area (Å²) in [6.45, 7) is 9.26. The predicted octanol–water partition coefficient (Wildman–Crippen LogP) is 1.50. The van der Waals surface area contributed by atoms with E-state index >= 15 is 0 Å². The second-order valence-corrected chi connectivity index (χ2v) is 5.99. The first-order valence-electron chi connectivity index (χ1n) is 8.07. The summed E-state index contributed by atoms with van der Waals surface area (Å²) in [5, 5.41) is 8.86. The summed E-state index contributed by atoms with van der Waals surface area (Å²) in [7, 11) is 0. The number of hydrogen-bond donors (Lipinski definition) is 3. The molecule has 0 spiro atoms. The molecule has 2 rings (SSSR count). The highest BCUT2D eigenvalue weighted by Gasteiger charge is 2.22. The van der Waals surface area contributed by atoms with Gasteiger partial charge in [-0.3, -0.25) is 14.5 Å². The molecule has 1 fully saturated rings. The minimum atomic E-state index is -0.218. The van der Waals surface area contributed by atoms with Gasteiger partial charge in [0.25, 0.3) is 0 Å². The molecular formula is C17H28Cl2N4O2. The highest BCUT2D eigenvalue weighted by molar-refractivity contribution is 5.96. The van der Waals surface area contributed by atoms with Crippen LogP contribution in [0.15, 0.2) is 18.2 Å². The van der Waals surface area contributed by atoms with Crippen LogP contribution in [0.5, 0.6) is 0 Å². The van der Waals surface area contributed by atoms with Crippen molar-refractivity contribution in [1.82, 2.24) is 15.5 Å². The Bertz CT molecular complexity index is 558. The number of rotatable bonds is 5. The Labute approximate surface area is 161 Å². The van der Waals surface area contributed by atoms with Gasteiger partial charge in [0.1, 0.15) is 0 Å². The van der Waals surface area contributed by atoms with Gasteiger partial charge in [-0.05, 0) is 31.9 Å². The van der Waals surface area contributed by atoms with E-state index in [1.807, 2.05) is 39.0 Å². The van der Waals surface area contributed by atoms with Crippen molar-refractivity contribution in [1.29, 1.82) is 0 Å². The van der Waals surface area contributed by atoms with Crippen molar-refractivity contribution in [3.63, 3.8) is 0 Å². The summed E-state index contributed by atoms with van der Waals surface area (Å²) in [6.07, 6.45) is 0. The van der Waals surface area contributed by atoms with Crippen LogP contribution in [0.4, 0.5) is 5.69 Å². The third-order valence-corrected chi connectivity index (χ3v) is 4.25. The van der Waals surface area contributed by atoms with Gasteiger partial charge in [0, 0.05) is 31.9 Å². The zero-order valence-corrected chi connectivity index (χ0v) is 16.6. The molecular weight excluding hydrogens is 363 g/mol. The normalized spacial score (nSPS) is 15.3. The molecule has 1 aromatic carbocycles. The molecule has 3 N–H and O–H groups in total. The fraction of sp³-hybridized carbons (Fsp3) is 0.529. The molecule has 0 aliphatic carbocycles. The first-order chi connectivity index (χ1) is 11.0. The minimum Gasteiger partial charge on any atom is -0.346 e. The van der Waals surface area contributed by atoms with Crippen molar-refractivity contribution in [2.45, 2.75) is 26.8 Å². The average Bonchev–Trinajstić information content (AvgIpc) is 2.56. The fourth-order valence-electron chi connectivity index (χ4n) is 2.75. The van der Waals surface area contributed by atoms with Crippen molar-refractivity contribution in [3.8, 4) is 0 Å². The van der Waals surface area contributed by atoms with Crippen LogP contribution in [0.1, 0.15) is 18.1 Å². The monoisotopic (exact) mass is 390 g/mol. The Morgan fingerprint density at radius 3 is 2.28 bits per heavy atom. The van der Waals surface area contributed by atoms with Crippen LogP contribution < -0.4 is 16.0 Å². The number of nitrogens with zero attached hydrogens (tertiary/aromatic N) is 1. The number of piperazine rings is 1. The molecule has 1 saturated heterocycles. The topological polar surface area (TPSA) is 73.5 Å². The lowest BCUT2D eigenvalue weighted by molar-refractivity contribution is -0.128. The highest BCUT2D eigenvalue weighted by atomic mass is 35.5. The van der Waals surface area contributed by atoms with E-state index < -0.39 is 0 Å². The van der Waals surface area contributed by atoms with Gasteiger partial charge in [0.2, 0.25) is 11.8 Å². The van der Waals surface area contributed by atoms with E-state index in [-0.39, 0.29) is 49.2 Å². The van der Waals surface area contributed by atoms with E-state index in [0.717, 1.165) is 43.0 Å². The molecule has 0 saturated carbocycles. The Morgan fingerprint density at radius 1 is 1.16 bits per heavy atom. The molecule has 1 atom stereocenters. The smallest absolute Gasteiger partial charge is 0.243 e. The zero-order valence-electron chi connectivity index (χ0n) is 14.9. The first-order valence-corrected chi connectivity index (χ1v) is 8.07. The molecule has 2 amide bonds. The highest BCUT2D eigenvalue weighted by Crippen LogP contribution is 2.18. The van der Waals surface area contributed by atoms with Gasteiger partial charge in [-0.1, -0.05) is 18.2 Å². The molecule has 0 bridgehead atoms. The van der Waals surface area contributed by atoms with Crippen LogP contribution in [-0.4, -0.2) is 55.5 Å². The number of amides is 2. The number of halogens is 2. The van der Waals surface area contributed by atoms with Gasteiger partial charge >= 0.3 is 0 Å². The van der Waals surface area contributed by atoms with Crippen LogP contribution in [-0.2, 0) is 9.59 Å². The first kappa shape index (κ1) is 23.7. The molecule has 1 aliphatic rings. The number of aryl methyl sites for hydroxylation is 2. The number of carbonyl (C=O) groups excluding carboxylic acids is 2. The van der Waals surface area contributed by atoms with Gasteiger partial charge in [-0.2, -0.15) is 0 Å². The minimum absolute atomic E-state index is 0. The number of anilines is 1. The largest absolute Gasteiger partial charge is 0.346 e. The summed E-state index contributed by atoms with van der Waals surface area (Å²) < 4.78 is 0. The van der Waals surface area contributed by atoms with Gasteiger partial charge < -0.3 is 16.0 Å². The lowest BCUT2D eigenvalue weighted by Crippen LogP contribution is -2.53. The summed E-state index contributed by atoms with van der Waals surface area (Å²) in [5.41, 5.74) is 2.85. The van der Waals surface area contributed by atoms with Crippen molar-refractivity contribution >= 4 is 42.3 Å². The van der Waals surface area contributed by atoms with E-state index in [1.54, 1.807) is 0 Å². The lowest BCUT2D eigenvalue weighted by Gasteiger charge is -2.31. The second-order valence-electron chi connectivity index (χ2n) is 5.99. The molecule has 0 aromatic heterocycles. The Hall–Kier alpha value is -1.34. The van der Waals surface area contributed by atoms with Gasteiger partial charge in [-0.25, -0.2) is 0 Å². The molecule has 6 nitrogen and oxygen atoms in total. The maximum absolute atomic E-state index is 12.2. The van der Waals surface area contributed by atoms with Crippen molar-refractivity contribution in [2.24, 2.45) is 0 Å². The molecule has 1 unspecified atom stereocenters. The van der Waals surface area contributed by atoms with Crippen molar-refractivity contribution in [3.05, 3.63) is 29.3 Å². The quantitative estimate of drug-likeness (QED) is 0.711. The molecule has 1 heterocycles. The average molecular weight is 391 g/mol. The van der Waals surface area contributed by atoms with Crippen LogP contribution >= 0.6 is 24.8 Å². The lowest BCUT2D eigenvalue weighted by atomic mass is 10.1. The number of hydrogen-bond acceptors (Lipinski definition) is 4. The van der Waals surface area contributed by atoms with Gasteiger partial charge in [0.15, 0.2) is 0 Å². The van der Waals surface area contributed by atoms with Crippen molar-refractivity contribution < 1.29 is 9.59 Å². The second kappa shape index (κ2) is 11.3. The maximum atomic E-state index is 12.2.